The van der Waals surface area contributed by atoms with E-state index in [0.29, 0.717) is 12.8 Å². The van der Waals surface area contributed by atoms with Gasteiger partial charge in [-0.15, -0.1) is 0 Å². The van der Waals surface area contributed by atoms with Crippen LogP contribution in [0.4, 0.5) is 17.1 Å². The van der Waals surface area contributed by atoms with Gasteiger partial charge in [0, 0.05) is 17.3 Å². The van der Waals surface area contributed by atoms with Crippen LogP contribution in [0.3, 0.4) is 0 Å². The molecule has 0 bridgehead atoms. The van der Waals surface area contributed by atoms with Crippen molar-refractivity contribution in [1.29, 1.82) is 0 Å². The van der Waals surface area contributed by atoms with Gasteiger partial charge in [0.25, 0.3) is 5.69 Å². The second kappa shape index (κ2) is 10.4. The zero-order valence-corrected chi connectivity index (χ0v) is 19.4. The SMILES string of the molecule is O=C(Nc1ccccc1-c1ccccc1)C1(NC(=S)Nc2ccccc2[N+](=O)[O-])CCCCC1. The summed E-state index contributed by atoms with van der Waals surface area (Å²) in [4.78, 5) is 24.6. The van der Waals surface area contributed by atoms with Gasteiger partial charge in [-0.05, 0) is 42.8 Å². The van der Waals surface area contributed by atoms with E-state index < -0.39 is 10.5 Å². The Morgan fingerprint density at radius 1 is 0.824 bits per heavy atom. The summed E-state index contributed by atoms with van der Waals surface area (Å²) in [6.45, 7) is 0. The van der Waals surface area contributed by atoms with E-state index in [1.165, 1.54) is 6.07 Å². The van der Waals surface area contributed by atoms with Crippen LogP contribution < -0.4 is 16.0 Å². The number of hydrogen-bond donors (Lipinski definition) is 3. The number of benzene rings is 3. The van der Waals surface area contributed by atoms with E-state index in [1.54, 1.807) is 18.2 Å². The average molecular weight is 475 g/mol. The molecule has 0 unspecified atom stereocenters. The van der Waals surface area contributed by atoms with Gasteiger partial charge in [0.1, 0.15) is 11.2 Å². The molecule has 3 aromatic rings. The quantitative estimate of drug-likeness (QED) is 0.234. The standard InChI is InChI=1S/C26H26N4O3S/c31-24(27-21-14-6-5-13-20(21)19-11-3-1-4-12-19)26(17-9-2-10-18-26)29-25(34)28-22-15-7-8-16-23(22)30(32)33/h1,3-8,11-16H,2,9-10,17-18H2,(H,27,31)(H2,28,29,34). The van der Waals surface area contributed by atoms with Gasteiger partial charge < -0.3 is 16.0 Å². The van der Waals surface area contributed by atoms with Crippen molar-refractivity contribution in [3.8, 4) is 11.1 Å². The molecule has 0 spiro atoms. The fraction of sp³-hybridized carbons (Fsp3) is 0.231. The molecule has 0 radical (unpaired) electrons. The lowest BCUT2D eigenvalue weighted by atomic mass is 9.80. The number of carbonyl (C=O) groups is 1. The fourth-order valence-corrected chi connectivity index (χ4v) is 4.68. The third kappa shape index (κ3) is 5.23. The van der Waals surface area contributed by atoms with Gasteiger partial charge in [0.2, 0.25) is 5.91 Å². The maximum absolute atomic E-state index is 13.7. The molecule has 1 aliphatic rings. The van der Waals surface area contributed by atoms with E-state index in [4.69, 9.17) is 12.2 Å². The molecule has 1 amide bonds. The van der Waals surface area contributed by atoms with Crippen molar-refractivity contribution in [2.75, 3.05) is 10.6 Å². The van der Waals surface area contributed by atoms with Crippen molar-refractivity contribution >= 4 is 40.3 Å². The van der Waals surface area contributed by atoms with E-state index in [1.807, 2.05) is 54.6 Å². The van der Waals surface area contributed by atoms with E-state index in [9.17, 15) is 14.9 Å². The zero-order chi connectivity index (χ0) is 24.0. The summed E-state index contributed by atoms with van der Waals surface area (Å²) in [5, 5.41) is 20.8. The molecular weight excluding hydrogens is 448 g/mol. The summed E-state index contributed by atoms with van der Waals surface area (Å²) in [6.07, 6.45) is 4.04. The minimum Gasteiger partial charge on any atom is -0.348 e. The first-order valence-corrected chi connectivity index (χ1v) is 11.7. The number of carbonyl (C=O) groups excluding carboxylic acids is 1. The van der Waals surface area contributed by atoms with Crippen LogP contribution in [-0.2, 0) is 4.79 Å². The lowest BCUT2D eigenvalue weighted by Crippen LogP contribution is -2.58. The maximum Gasteiger partial charge on any atom is 0.292 e. The van der Waals surface area contributed by atoms with Crippen molar-refractivity contribution < 1.29 is 9.72 Å². The monoisotopic (exact) mass is 474 g/mol. The smallest absolute Gasteiger partial charge is 0.292 e. The summed E-state index contributed by atoms with van der Waals surface area (Å²) in [6, 6.07) is 23.9. The third-order valence-corrected chi connectivity index (χ3v) is 6.31. The van der Waals surface area contributed by atoms with Gasteiger partial charge in [-0.2, -0.15) is 0 Å². The summed E-state index contributed by atoms with van der Waals surface area (Å²) < 4.78 is 0. The molecule has 3 aromatic carbocycles. The molecular formula is C26H26N4O3S. The highest BCUT2D eigenvalue weighted by molar-refractivity contribution is 7.80. The predicted molar refractivity (Wildman–Crippen MR) is 139 cm³/mol. The van der Waals surface area contributed by atoms with Crippen LogP contribution in [0, 0.1) is 10.1 Å². The summed E-state index contributed by atoms with van der Waals surface area (Å²) in [7, 11) is 0. The van der Waals surface area contributed by atoms with Crippen molar-refractivity contribution in [3.63, 3.8) is 0 Å². The molecule has 3 N–H and O–H groups in total. The van der Waals surface area contributed by atoms with E-state index in [0.717, 1.165) is 36.1 Å². The highest BCUT2D eigenvalue weighted by atomic mass is 32.1. The largest absolute Gasteiger partial charge is 0.348 e. The van der Waals surface area contributed by atoms with Gasteiger partial charge in [-0.25, -0.2) is 0 Å². The molecule has 34 heavy (non-hydrogen) atoms. The molecule has 0 heterocycles. The number of hydrogen-bond acceptors (Lipinski definition) is 4. The van der Waals surface area contributed by atoms with Crippen LogP contribution in [0.5, 0.6) is 0 Å². The summed E-state index contributed by atoms with van der Waals surface area (Å²) >= 11 is 5.50. The Morgan fingerprint density at radius 3 is 2.15 bits per heavy atom. The van der Waals surface area contributed by atoms with Crippen LogP contribution in [-0.4, -0.2) is 21.5 Å². The molecule has 0 aliphatic heterocycles. The Labute approximate surface area is 203 Å². The van der Waals surface area contributed by atoms with E-state index >= 15 is 0 Å². The summed E-state index contributed by atoms with van der Waals surface area (Å²) in [5.41, 5.74) is 1.97. The number of rotatable bonds is 6. The molecule has 1 saturated carbocycles. The van der Waals surface area contributed by atoms with E-state index in [2.05, 4.69) is 16.0 Å². The Morgan fingerprint density at radius 2 is 1.44 bits per heavy atom. The molecule has 174 valence electrons. The molecule has 0 aromatic heterocycles. The molecule has 1 aliphatic carbocycles. The van der Waals surface area contributed by atoms with E-state index in [-0.39, 0.29) is 22.4 Å². The normalized spacial score (nSPS) is 14.6. The number of anilines is 2. The Balaban J connectivity index is 1.56. The number of para-hydroxylation sites is 3. The van der Waals surface area contributed by atoms with Crippen LogP contribution in [0.2, 0.25) is 0 Å². The second-order valence-corrected chi connectivity index (χ2v) is 8.77. The second-order valence-electron chi connectivity index (χ2n) is 8.36. The lowest BCUT2D eigenvalue weighted by Gasteiger charge is -2.37. The number of nitrogens with one attached hydrogen (secondary N) is 3. The first kappa shape index (κ1) is 23.4. The number of amides is 1. The fourth-order valence-electron chi connectivity index (χ4n) is 4.38. The van der Waals surface area contributed by atoms with Crippen LogP contribution in [0.25, 0.3) is 11.1 Å². The highest BCUT2D eigenvalue weighted by Crippen LogP contribution is 2.33. The highest BCUT2D eigenvalue weighted by Gasteiger charge is 2.40. The number of thiocarbonyl (C=S) groups is 1. The molecule has 1 fully saturated rings. The Kier molecular flexibility index (Phi) is 7.18. The van der Waals surface area contributed by atoms with Gasteiger partial charge in [-0.3, -0.25) is 14.9 Å². The van der Waals surface area contributed by atoms with Crippen molar-refractivity contribution in [2.24, 2.45) is 0 Å². The Hall–Kier alpha value is -3.78. The topological polar surface area (TPSA) is 96.3 Å². The number of nitrogens with zero attached hydrogens (tertiary/aromatic N) is 1. The van der Waals surface area contributed by atoms with Crippen molar-refractivity contribution in [2.45, 2.75) is 37.6 Å². The Bertz CT molecular complexity index is 1190. The van der Waals surface area contributed by atoms with Crippen molar-refractivity contribution in [3.05, 3.63) is 89.0 Å². The third-order valence-electron chi connectivity index (χ3n) is 6.10. The first-order chi connectivity index (χ1) is 16.5. The van der Waals surface area contributed by atoms with Crippen LogP contribution in [0.1, 0.15) is 32.1 Å². The van der Waals surface area contributed by atoms with Crippen LogP contribution in [0.15, 0.2) is 78.9 Å². The maximum atomic E-state index is 13.7. The van der Waals surface area contributed by atoms with Gasteiger partial charge >= 0.3 is 0 Å². The molecule has 0 atom stereocenters. The molecule has 8 heteroatoms. The van der Waals surface area contributed by atoms with Gasteiger partial charge in [0.15, 0.2) is 5.11 Å². The first-order valence-electron chi connectivity index (χ1n) is 11.3. The average Bonchev–Trinajstić information content (AvgIpc) is 2.85. The van der Waals surface area contributed by atoms with Gasteiger partial charge in [-0.1, -0.05) is 79.9 Å². The lowest BCUT2D eigenvalue weighted by molar-refractivity contribution is -0.383. The molecule has 0 saturated heterocycles. The predicted octanol–water partition coefficient (Wildman–Crippen LogP) is 5.89. The number of nitro benzene ring substituents is 1. The molecule has 4 rings (SSSR count). The molecule has 7 nitrogen and oxygen atoms in total. The van der Waals surface area contributed by atoms with Crippen molar-refractivity contribution in [1.82, 2.24) is 5.32 Å². The summed E-state index contributed by atoms with van der Waals surface area (Å²) in [5.74, 6) is -0.165. The number of nitro groups is 1. The van der Waals surface area contributed by atoms with Crippen LogP contribution >= 0.6 is 12.2 Å². The van der Waals surface area contributed by atoms with Gasteiger partial charge in [0.05, 0.1) is 4.92 Å². The minimum absolute atomic E-state index is 0.0782. The minimum atomic E-state index is -0.907. The zero-order valence-electron chi connectivity index (χ0n) is 18.6.